The number of fused-ring (bicyclic) bond motifs is 1. The van der Waals surface area contributed by atoms with Crippen LogP contribution in [-0.4, -0.2) is 5.92 Å². The summed E-state index contributed by atoms with van der Waals surface area (Å²) >= 11 is -0.394. The van der Waals surface area contributed by atoms with Crippen LogP contribution in [0.1, 0.15) is 81.3 Å². The maximum Gasteiger partial charge on any atom is -1.00 e. The molecule has 0 bridgehead atoms. The van der Waals surface area contributed by atoms with Gasteiger partial charge in [-0.15, -0.1) is 0 Å². The normalized spacial score (nSPS) is 15.9. The molecule has 1 aliphatic rings. The average Bonchev–Trinajstić information content (AvgIpc) is 2.84. The minimum absolute atomic E-state index is 0. The topological polar surface area (TPSA) is 0 Å². The van der Waals surface area contributed by atoms with E-state index in [-0.39, 0.29) is 41.6 Å². The molecule has 1 aliphatic carbocycles. The van der Waals surface area contributed by atoms with Gasteiger partial charge in [0.25, 0.3) is 0 Å². The van der Waals surface area contributed by atoms with Crippen molar-refractivity contribution in [1.29, 1.82) is 0 Å². The van der Waals surface area contributed by atoms with Crippen molar-refractivity contribution in [2.45, 2.75) is 82.9 Å². The number of allylic oxidation sites excluding steroid dienone is 2. The standard InChI is InChI=1S/C25H31.C2H6Si.2ClH.Zr/c1-16-12-18-10-9-11-22(23(18)17(16)2)19-13-20(24(3,4)5)15-21(14-19)25(6,7)8;1-3-2;;;/h9-15H,1-8H3;1-2H3;2*1H;/q;;;;+2/p-2. The number of halogens is 2. The van der Waals surface area contributed by atoms with Gasteiger partial charge in [-0.3, -0.25) is 0 Å². The Morgan fingerprint density at radius 1 is 0.806 bits per heavy atom. The minimum atomic E-state index is -0.394. The fourth-order valence-corrected chi connectivity index (χ4v) is 13.3. The summed E-state index contributed by atoms with van der Waals surface area (Å²) in [4.78, 5) is 0. The molecule has 0 spiro atoms. The zero-order valence-electron chi connectivity index (χ0n) is 20.8. The average molecular weight is 552 g/mol. The molecule has 2 aromatic carbocycles. The first-order valence-electron chi connectivity index (χ1n) is 10.8. The molecular weight excluding hydrogens is 515 g/mol. The van der Waals surface area contributed by atoms with E-state index in [2.05, 4.69) is 105 Å². The minimum Gasteiger partial charge on any atom is -1.00 e. The molecule has 0 nitrogen and oxygen atoms in total. The van der Waals surface area contributed by atoms with Crippen molar-refractivity contribution < 1.29 is 47.2 Å². The van der Waals surface area contributed by atoms with E-state index in [1.54, 1.807) is 22.3 Å². The summed E-state index contributed by atoms with van der Waals surface area (Å²) in [6.45, 7) is 23.8. The molecule has 1 unspecified atom stereocenters. The quantitative estimate of drug-likeness (QED) is 0.513. The molecule has 1 atom stereocenters. The zero-order valence-corrected chi connectivity index (χ0v) is 25.8. The van der Waals surface area contributed by atoms with Crippen molar-refractivity contribution in [3.05, 3.63) is 64.2 Å². The van der Waals surface area contributed by atoms with Crippen LogP contribution in [0.4, 0.5) is 0 Å². The molecule has 0 N–H and O–H groups in total. The van der Waals surface area contributed by atoms with Gasteiger partial charge in [-0.05, 0) is 0 Å². The van der Waals surface area contributed by atoms with Gasteiger partial charge in [-0.1, -0.05) is 0 Å². The maximum absolute atomic E-state index is 2.52. The summed E-state index contributed by atoms with van der Waals surface area (Å²) < 4.78 is 0.783. The van der Waals surface area contributed by atoms with E-state index in [0.29, 0.717) is 0 Å². The van der Waals surface area contributed by atoms with Crippen LogP contribution in [0.2, 0.25) is 13.1 Å². The van der Waals surface area contributed by atoms with Crippen LogP contribution in [0.5, 0.6) is 0 Å². The molecule has 0 saturated carbocycles. The molecule has 0 amide bonds. The summed E-state index contributed by atoms with van der Waals surface area (Å²) in [5.41, 5.74) is 12.4. The summed E-state index contributed by atoms with van der Waals surface area (Å²) in [6, 6.07) is 14.4. The third-order valence-electron chi connectivity index (χ3n) is 6.22. The molecule has 0 saturated heterocycles. The molecule has 31 heavy (non-hydrogen) atoms. The first-order valence-corrected chi connectivity index (χ1v) is 18.4. The Balaban J connectivity index is 0.00000240. The smallest absolute Gasteiger partial charge is 1.00 e. The van der Waals surface area contributed by atoms with Crippen LogP contribution in [0, 0.1) is 0 Å². The van der Waals surface area contributed by atoms with Crippen LogP contribution in [0.25, 0.3) is 16.7 Å². The summed E-state index contributed by atoms with van der Waals surface area (Å²) in [5, 5.41) is 0. The van der Waals surface area contributed by atoms with Crippen LogP contribution in [-0.2, 0) is 33.2 Å². The molecule has 1 radical (unpaired) electrons. The molecule has 2 aromatic rings. The van der Waals surface area contributed by atoms with Crippen LogP contribution >= 0.6 is 0 Å². The van der Waals surface area contributed by atoms with Gasteiger partial charge in [0, 0.05) is 0 Å². The van der Waals surface area contributed by atoms with E-state index in [1.165, 1.54) is 22.3 Å². The monoisotopic (exact) mass is 549 g/mol. The molecule has 4 heteroatoms. The zero-order chi connectivity index (χ0) is 21.7. The summed E-state index contributed by atoms with van der Waals surface area (Å²) in [6.07, 6.45) is 0. The van der Waals surface area contributed by atoms with Gasteiger partial charge in [0.15, 0.2) is 0 Å². The Bertz CT molecular complexity index is 930. The van der Waals surface area contributed by atoms with Crippen molar-refractivity contribution >= 4 is 11.5 Å². The van der Waals surface area contributed by atoms with Crippen molar-refractivity contribution in [1.82, 2.24) is 0 Å². The van der Waals surface area contributed by atoms with Gasteiger partial charge in [0.1, 0.15) is 0 Å². The molecule has 3 rings (SSSR count). The van der Waals surface area contributed by atoms with E-state index < -0.39 is 22.4 Å². The SMILES string of the molecule is CC1=C(C)[CH]([Zr+2][Si](C)C)c2cccc(-c3cc(C(C)(C)C)cc(C(C)(C)C)c3)c21.[Cl-].[Cl-]. The second kappa shape index (κ2) is 10.4. The Hall–Kier alpha value is -0.140. The molecule has 167 valence electrons. The number of benzene rings is 2. The van der Waals surface area contributed by atoms with Crippen molar-refractivity contribution in [2.24, 2.45) is 0 Å². The van der Waals surface area contributed by atoms with E-state index in [9.17, 15) is 0 Å². The van der Waals surface area contributed by atoms with E-state index in [4.69, 9.17) is 0 Å². The number of hydrogen-bond donors (Lipinski definition) is 0. The Kier molecular flexibility index (Phi) is 9.71. The Morgan fingerprint density at radius 2 is 1.32 bits per heavy atom. The van der Waals surface area contributed by atoms with Gasteiger partial charge in [-0.2, -0.15) is 0 Å². The third kappa shape index (κ3) is 6.06. The summed E-state index contributed by atoms with van der Waals surface area (Å²) in [7, 11) is 0. The van der Waals surface area contributed by atoms with Crippen molar-refractivity contribution in [3.8, 4) is 11.1 Å². The Labute approximate surface area is 215 Å². The number of rotatable bonds is 3. The third-order valence-corrected chi connectivity index (χ3v) is 15.3. The van der Waals surface area contributed by atoms with Gasteiger partial charge >= 0.3 is 192 Å². The van der Waals surface area contributed by atoms with Crippen LogP contribution < -0.4 is 24.8 Å². The largest absolute Gasteiger partial charge is 1.00 e. The van der Waals surface area contributed by atoms with E-state index in [0.717, 1.165) is 3.63 Å². The summed E-state index contributed by atoms with van der Waals surface area (Å²) in [5.74, 6) is -0.107. The fraction of sp³-hybridized carbons (Fsp3) is 0.481. The Morgan fingerprint density at radius 3 is 1.77 bits per heavy atom. The van der Waals surface area contributed by atoms with Gasteiger partial charge in [-0.25, -0.2) is 0 Å². The maximum atomic E-state index is 2.52. The van der Waals surface area contributed by atoms with Crippen LogP contribution in [0.3, 0.4) is 0 Å². The van der Waals surface area contributed by atoms with Gasteiger partial charge in [0.2, 0.25) is 0 Å². The molecular formula is C27H37Cl2SiZr. The second-order valence-electron chi connectivity index (χ2n) is 11.0. The first kappa shape index (κ1) is 28.9. The van der Waals surface area contributed by atoms with Gasteiger partial charge in [0.05, 0.1) is 0 Å². The molecule has 0 heterocycles. The van der Waals surface area contributed by atoms with Gasteiger partial charge < -0.3 is 24.8 Å². The second-order valence-corrected chi connectivity index (χ2v) is 24.2. The molecule has 0 fully saturated rings. The van der Waals surface area contributed by atoms with Crippen molar-refractivity contribution in [2.75, 3.05) is 0 Å². The number of hydrogen-bond acceptors (Lipinski definition) is 0. The van der Waals surface area contributed by atoms with Crippen LogP contribution in [0.15, 0.2) is 42.0 Å². The predicted octanol–water partition coefficient (Wildman–Crippen LogP) is 2.14. The fourth-order valence-electron chi connectivity index (χ4n) is 4.24. The molecule has 0 aliphatic heterocycles. The van der Waals surface area contributed by atoms with E-state index in [1.807, 2.05) is 0 Å². The van der Waals surface area contributed by atoms with Crippen molar-refractivity contribution in [3.63, 3.8) is 0 Å². The molecule has 0 aromatic heterocycles. The predicted molar refractivity (Wildman–Crippen MR) is 128 cm³/mol. The first-order chi connectivity index (χ1) is 13.3. The van der Waals surface area contributed by atoms with E-state index >= 15 is 0 Å².